The fraction of sp³-hybridized carbons (Fsp3) is 0.0667. The van der Waals surface area contributed by atoms with Crippen LogP contribution in [0.1, 0.15) is 16.7 Å². The molecule has 1 N–H and O–H groups in total. The van der Waals surface area contributed by atoms with Crippen molar-refractivity contribution in [2.75, 3.05) is 0 Å². The summed E-state index contributed by atoms with van der Waals surface area (Å²) in [4.78, 5) is 0. The Morgan fingerprint density at radius 2 is 1.69 bits per heavy atom. The van der Waals surface area contributed by atoms with Gasteiger partial charge in [0.15, 0.2) is 0 Å². The van der Waals surface area contributed by atoms with Crippen molar-refractivity contribution in [2.24, 2.45) is 0 Å². The molecule has 0 aliphatic rings. The zero-order chi connectivity index (χ0) is 11.4. The van der Waals surface area contributed by atoms with Gasteiger partial charge >= 0.3 is 0 Å². The summed E-state index contributed by atoms with van der Waals surface area (Å²) in [6.45, 7) is 1.96. The van der Waals surface area contributed by atoms with E-state index in [1.807, 2.05) is 61.5 Å². The standard InChI is InChI=1S/C15H14O/c1-12-7-9-14(15(16)11-12)10-8-13-5-3-2-4-6-13/h2-11,16H,1H3/b10-8+. The molecule has 2 rings (SSSR count). The number of aryl methyl sites for hydroxylation is 1. The van der Waals surface area contributed by atoms with Crippen molar-refractivity contribution in [3.8, 4) is 5.75 Å². The Balaban J connectivity index is 2.24. The monoisotopic (exact) mass is 210 g/mol. The fourth-order valence-corrected chi connectivity index (χ4v) is 1.54. The van der Waals surface area contributed by atoms with Crippen LogP contribution >= 0.6 is 0 Å². The Bertz CT molecular complexity index is 498. The molecule has 16 heavy (non-hydrogen) atoms. The maximum absolute atomic E-state index is 9.72. The van der Waals surface area contributed by atoms with E-state index in [1.165, 1.54) is 0 Å². The lowest BCUT2D eigenvalue weighted by Crippen LogP contribution is -1.77. The van der Waals surface area contributed by atoms with Crippen LogP contribution in [0.15, 0.2) is 48.5 Å². The van der Waals surface area contributed by atoms with E-state index in [2.05, 4.69) is 0 Å². The average molecular weight is 210 g/mol. The van der Waals surface area contributed by atoms with Crippen molar-refractivity contribution < 1.29 is 5.11 Å². The highest BCUT2D eigenvalue weighted by Crippen LogP contribution is 2.20. The van der Waals surface area contributed by atoms with E-state index in [4.69, 9.17) is 0 Å². The summed E-state index contributed by atoms with van der Waals surface area (Å²) in [5.74, 6) is 0.326. The molecular weight excluding hydrogens is 196 g/mol. The number of benzene rings is 2. The lowest BCUT2D eigenvalue weighted by Gasteiger charge is -2.00. The molecule has 2 aromatic rings. The zero-order valence-electron chi connectivity index (χ0n) is 9.22. The van der Waals surface area contributed by atoms with E-state index < -0.39 is 0 Å². The third-order valence-electron chi connectivity index (χ3n) is 2.44. The average Bonchev–Trinajstić information content (AvgIpc) is 2.29. The maximum Gasteiger partial charge on any atom is 0.123 e. The van der Waals surface area contributed by atoms with Gasteiger partial charge in [0.2, 0.25) is 0 Å². The van der Waals surface area contributed by atoms with Crippen LogP contribution in [0.4, 0.5) is 0 Å². The Hall–Kier alpha value is -2.02. The molecular formula is C15H14O. The van der Waals surface area contributed by atoms with Crippen LogP contribution in [0, 0.1) is 6.92 Å². The van der Waals surface area contributed by atoms with E-state index >= 15 is 0 Å². The van der Waals surface area contributed by atoms with Gasteiger partial charge in [-0.15, -0.1) is 0 Å². The van der Waals surface area contributed by atoms with Gasteiger partial charge in [0.1, 0.15) is 5.75 Å². The van der Waals surface area contributed by atoms with Gasteiger partial charge in [0.25, 0.3) is 0 Å². The molecule has 0 saturated heterocycles. The maximum atomic E-state index is 9.72. The van der Waals surface area contributed by atoms with Crippen LogP contribution in [-0.4, -0.2) is 5.11 Å². The van der Waals surface area contributed by atoms with Crippen LogP contribution in [0.25, 0.3) is 12.2 Å². The van der Waals surface area contributed by atoms with Gasteiger partial charge in [-0.1, -0.05) is 54.6 Å². The highest BCUT2D eigenvalue weighted by atomic mass is 16.3. The molecule has 0 aliphatic heterocycles. The van der Waals surface area contributed by atoms with Crippen molar-refractivity contribution in [3.05, 3.63) is 65.2 Å². The minimum atomic E-state index is 0.326. The molecule has 0 spiro atoms. The Morgan fingerprint density at radius 3 is 2.38 bits per heavy atom. The lowest BCUT2D eigenvalue weighted by atomic mass is 10.1. The van der Waals surface area contributed by atoms with Crippen LogP contribution in [0.5, 0.6) is 5.75 Å². The van der Waals surface area contributed by atoms with E-state index in [1.54, 1.807) is 6.07 Å². The summed E-state index contributed by atoms with van der Waals surface area (Å²) in [6, 6.07) is 15.7. The molecule has 0 unspecified atom stereocenters. The molecule has 0 fully saturated rings. The van der Waals surface area contributed by atoms with Gasteiger partial charge in [0.05, 0.1) is 0 Å². The number of phenolic OH excluding ortho intramolecular Hbond substituents is 1. The first-order valence-electron chi connectivity index (χ1n) is 5.28. The molecule has 0 amide bonds. The summed E-state index contributed by atoms with van der Waals surface area (Å²) < 4.78 is 0. The van der Waals surface area contributed by atoms with Crippen molar-refractivity contribution in [1.29, 1.82) is 0 Å². The normalized spacial score (nSPS) is 10.8. The SMILES string of the molecule is Cc1ccc(/C=C/c2ccccc2)c(O)c1. The summed E-state index contributed by atoms with van der Waals surface area (Å²) >= 11 is 0. The van der Waals surface area contributed by atoms with Gasteiger partial charge in [-0.05, 0) is 24.1 Å². The number of hydrogen-bond acceptors (Lipinski definition) is 1. The van der Waals surface area contributed by atoms with Crippen molar-refractivity contribution >= 4 is 12.2 Å². The second-order valence-corrected chi connectivity index (χ2v) is 3.81. The van der Waals surface area contributed by atoms with Gasteiger partial charge in [-0.25, -0.2) is 0 Å². The molecule has 0 aliphatic carbocycles. The van der Waals surface area contributed by atoms with Gasteiger partial charge in [-0.3, -0.25) is 0 Å². The fourth-order valence-electron chi connectivity index (χ4n) is 1.54. The second-order valence-electron chi connectivity index (χ2n) is 3.81. The topological polar surface area (TPSA) is 20.2 Å². The first kappa shape index (κ1) is 10.5. The summed E-state index contributed by atoms with van der Waals surface area (Å²) in [5.41, 5.74) is 3.03. The predicted molar refractivity (Wildman–Crippen MR) is 68.2 cm³/mol. The summed E-state index contributed by atoms with van der Waals surface area (Å²) in [5, 5.41) is 9.72. The van der Waals surface area contributed by atoms with Crippen LogP contribution in [-0.2, 0) is 0 Å². The molecule has 80 valence electrons. The van der Waals surface area contributed by atoms with Crippen molar-refractivity contribution in [2.45, 2.75) is 6.92 Å². The molecule has 2 aromatic carbocycles. The molecule has 0 heterocycles. The first-order valence-corrected chi connectivity index (χ1v) is 5.28. The molecule has 0 radical (unpaired) electrons. The van der Waals surface area contributed by atoms with E-state index in [-0.39, 0.29) is 0 Å². The van der Waals surface area contributed by atoms with E-state index in [9.17, 15) is 5.11 Å². The highest BCUT2D eigenvalue weighted by Gasteiger charge is 1.96. The summed E-state index contributed by atoms with van der Waals surface area (Å²) in [6.07, 6.45) is 3.91. The molecule has 1 nitrogen and oxygen atoms in total. The van der Waals surface area contributed by atoms with Gasteiger partial charge in [-0.2, -0.15) is 0 Å². The second kappa shape index (κ2) is 4.67. The van der Waals surface area contributed by atoms with Gasteiger partial charge in [0, 0.05) is 5.56 Å². The Labute approximate surface area is 95.7 Å². The van der Waals surface area contributed by atoms with E-state index in [0.717, 1.165) is 16.7 Å². The van der Waals surface area contributed by atoms with Crippen LogP contribution in [0.3, 0.4) is 0 Å². The van der Waals surface area contributed by atoms with Gasteiger partial charge < -0.3 is 5.11 Å². The minimum Gasteiger partial charge on any atom is -0.507 e. The third-order valence-corrected chi connectivity index (χ3v) is 2.44. The first-order chi connectivity index (χ1) is 7.75. The van der Waals surface area contributed by atoms with Crippen LogP contribution < -0.4 is 0 Å². The Kier molecular flexibility index (Phi) is 3.06. The third kappa shape index (κ3) is 2.51. The lowest BCUT2D eigenvalue weighted by molar-refractivity contribution is 0.473. The molecule has 1 heteroatoms. The van der Waals surface area contributed by atoms with Crippen LogP contribution in [0.2, 0.25) is 0 Å². The van der Waals surface area contributed by atoms with Crippen molar-refractivity contribution in [1.82, 2.24) is 0 Å². The zero-order valence-corrected chi connectivity index (χ0v) is 9.22. The largest absolute Gasteiger partial charge is 0.507 e. The molecule has 0 aromatic heterocycles. The molecule has 0 saturated carbocycles. The summed E-state index contributed by atoms with van der Waals surface area (Å²) in [7, 11) is 0. The minimum absolute atomic E-state index is 0.326. The van der Waals surface area contributed by atoms with E-state index in [0.29, 0.717) is 5.75 Å². The number of aromatic hydroxyl groups is 1. The number of rotatable bonds is 2. The number of phenols is 1. The number of hydrogen-bond donors (Lipinski definition) is 1. The highest BCUT2D eigenvalue weighted by molar-refractivity contribution is 5.72. The quantitative estimate of drug-likeness (QED) is 0.746. The smallest absolute Gasteiger partial charge is 0.123 e. The van der Waals surface area contributed by atoms with Crippen molar-refractivity contribution in [3.63, 3.8) is 0 Å². The molecule has 0 atom stereocenters. The molecule has 0 bridgehead atoms. The predicted octanol–water partition coefficient (Wildman–Crippen LogP) is 3.87. The Morgan fingerprint density at radius 1 is 0.938 bits per heavy atom.